The van der Waals surface area contributed by atoms with Crippen molar-refractivity contribution in [2.75, 3.05) is 0 Å². The minimum absolute atomic E-state index is 0.0198. The van der Waals surface area contributed by atoms with E-state index >= 15 is 0 Å². The lowest BCUT2D eigenvalue weighted by molar-refractivity contribution is 0.112. The van der Waals surface area contributed by atoms with Crippen molar-refractivity contribution < 1.29 is 13.6 Å². The second-order valence-electron chi connectivity index (χ2n) is 3.84. The van der Waals surface area contributed by atoms with Gasteiger partial charge in [0.25, 0.3) is 0 Å². The first-order valence-corrected chi connectivity index (χ1v) is 5.13. The van der Waals surface area contributed by atoms with Crippen LogP contribution in [0.5, 0.6) is 0 Å². The van der Waals surface area contributed by atoms with E-state index in [9.17, 15) is 13.6 Å². The maximum absolute atomic E-state index is 13.7. The van der Waals surface area contributed by atoms with Crippen LogP contribution in [0.4, 0.5) is 8.78 Å². The van der Waals surface area contributed by atoms with Crippen LogP contribution in [0.25, 0.3) is 11.1 Å². The number of carbonyl (C=O) groups is 1. The lowest BCUT2D eigenvalue weighted by atomic mass is 9.99. The Hall–Kier alpha value is -2.03. The molecule has 17 heavy (non-hydrogen) atoms. The number of halogens is 2. The average Bonchev–Trinajstić information content (AvgIpc) is 2.30. The molecule has 0 aliphatic rings. The molecule has 0 radical (unpaired) electrons. The molecule has 2 rings (SSSR count). The topological polar surface area (TPSA) is 17.1 Å². The summed E-state index contributed by atoms with van der Waals surface area (Å²) >= 11 is 0. The van der Waals surface area contributed by atoms with Gasteiger partial charge in [0.05, 0.1) is 0 Å². The summed E-state index contributed by atoms with van der Waals surface area (Å²) in [5.41, 5.74) is 1.76. The van der Waals surface area contributed by atoms with Gasteiger partial charge in [-0.25, -0.2) is 8.78 Å². The standard InChI is InChI=1S/C14H10F2O/c1-9-2-4-10(5-3-9)14-11(8-17)6-12(15)7-13(14)16/h2-8H,1H3. The summed E-state index contributed by atoms with van der Waals surface area (Å²) in [5, 5.41) is 0. The summed E-state index contributed by atoms with van der Waals surface area (Å²) < 4.78 is 26.7. The molecule has 86 valence electrons. The van der Waals surface area contributed by atoms with E-state index in [2.05, 4.69) is 0 Å². The first kappa shape index (κ1) is 11.5. The number of aldehydes is 1. The lowest BCUT2D eigenvalue weighted by Gasteiger charge is -2.07. The molecule has 0 aromatic heterocycles. The van der Waals surface area contributed by atoms with E-state index in [0.717, 1.165) is 17.7 Å². The third kappa shape index (κ3) is 2.23. The van der Waals surface area contributed by atoms with Gasteiger partial charge in [-0.3, -0.25) is 4.79 Å². The largest absolute Gasteiger partial charge is 0.298 e. The van der Waals surface area contributed by atoms with Crippen molar-refractivity contribution in [2.45, 2.75) is 6.92 Å². The molecular formula is C14H10F2O. The number of hydrogen-bond donors (Lipinski definition) is 0. The van der Waals surface area contributed by atoms with Crippen molar-refractivity contribution in [1.29, 1.82) is 0 Å². The zero-order valence-corrected chi connectivity index (χ0v) is 9.21. The summed E-state index contributed by atoms with van der Waals surface area (Å²) in [6.45, 7) is 1.91. The minimum atomic E-state index is -0.750. The Kier molecular flexibility index (Phi) is 3.00. The van der Waals surface area contributed by atoms with E-state index in [1.165, 1.54) is 0 Å². The molecule has 0 saturated carbocycles. The van der Waals surface area contributed by atoms with Crippen molar-refractivity contribution in [3.8, 4) is 11.1 Å². The van der Waals surface area contributed by atoms with Crippen LogP contribution in [0.1, 0.15) is 15.9 Å². The summed E-state index contributed by atoms with van der Waals surface area (Å²) in [7, 11) is 0. The van der Waals surface area contributed by atoms with Gasteiger partial charge in [-0.1, -0.05) is 29.8 Å². The van der Waals surface area contributed by atoms with Crippen LogP contribution in [-0.2, 0) is 0 Å². The minimum Gasteiger partial charge on any atom is -0.298 e. The highest BCUT2D eigenvalue weighted by molar-refractivity contribution is 5.87. The molecule has 2 aromatic rings. The zero-order chi connectivity index (χ0) is 12.4. The molecule has 2 aromatic carbocycles. The third-order valence-electron chi connectivity index (χ3n) is 2.55. The SMILES string of the molecule is Cc1ccc(-c2c(F)cc(F)cc2C=O)cc1. The van der Waals surface area contributed by atoms with Gasteiger partial charge < -0.3 is 0 Å². The molecule has 0 bridgehead atoms. The van der Waals surface area contributed by atoms with Crippen LogP contribution < -0.4 is 0 Å². The number of rotatable bonds is 2. The lowest BCUT2D eigenvalue weighted by Crippen LogP contribution is -1.94. The van der Waals surface area contributed by atoms with E-state index in [1.807, 2.05) is 19.1 Å². The molecule has 0 aliphatic heterocycles. The molecule has 0 atom stereocenters. The molecule has 1 nitrogen and oxygen atoms in total. The maximum atomic E-state index is 13.7. The normalized spacial score (nSPS) is 10.3. The Balaban J connectivity index is 2.65. The van der Waals surface area contributed by atoms with E-state index in [0.29, 0.717) is 11.8 Å². The monoisotopic (exact) mass is 232 g/mol. The summed E-state index contributed by atoms with van der Waals surface area (Å²) in [6.07, 6.45) is 0.460. The molecule has 0 unspecified atom stereocenters. The highest BCUT2D eigenvalue weighted by Crippen LogP contribution is 2.27. The molecule has 0 aliphatic carbocycles. The number of aryl methyl sites for hydroxylation is 1. The highest BCUT2D eigenvalue weighted by Gasteiger charge is 2.12. The average molecular weight is 232 g/mol. The molecule has 0 N–H and O–H groups in total. The first-order chi connectivity index (χ1) is 8.11. The van der Waals surface area contributed by atoms with Crippen LogP contribution in [0.2, 0.25) is 0 Å². The first-order valence-electron chi connectivity index (χ1n) is 5.13. The molecule has 0 fully saturated rings. The van der Waals surface area contributed by atoms with Gasteiger partial charge in [0.15, 0.2) is 6.29 Å². The molecule has 0 heterocycles. The molecule has 3 heteroatoms. The Bertz CT molecular complexity index is 559. The fourth-order valence-corrected chi connectivity index (χ4v) is 1.71. The Morgan fingerprint density at radius 3 is 2.29 bits per heavy atom. The van der Waals surface area contributed by atoms with E-state index in [1.54, 1.807) is 12.1 Å². The molecular weight excluding hydrogens is 222 g/mol. The summed E-state index contributed by atoms with van der Waals surface area (Å²) in [6, 6.07) is 8.85. The predicted molar refractivity (Wildman–Crippen MR) is 61.9 cm³/mol. The number of hydrogen-bond acceptors (Lipinski definition) is 1. The smallest absolute Gasteiger partial charge is 0.150 e. The van der Waals surface area contributed by atoms with Gasteiger partial charge in [-0.2, -0.15) is 0 Å². The van der Waals surface area contributed by atoms with E-state index in [4.69, 9.17) is 0 Å². The van der Waals surface area contributed by atoms with Crippen LogP contribution in [0.15, 0.2) is 36.4 Å². The summed E-state index contributed by atoms with van der Waals surface area (Å²) in [5.74, 6) is -1.48. The van der Waals surface area contributed by atoms with E-state index in [-0.39, 0.29) is 11.1 Å². The van der Waals surface area contributed by atoms with Gasteiger partial charge >= 0.3 is 0 Å². The van der Waals surface area contributed by atoms with Crippen molar-refractivity contribution >= 4 is 6.29 Å². The van der Waals surface area contributed by atoms with Gasteiger partial charge in [0.2, 0.25) is 0 Å². The maximum Gasteiger partial charge on any atom is 0.150 e. The van der Waals surface area contributed by atoms with Crippen molar-refractivity contribution in [3.63, 3.8) is 0 Å². The fourth-order valence-electron chi connectivity index (χ4n) is 1.71. The number of carbonyl (C=O) groups excluding carboxylic acids is 1. The second kappa shape index (κ2) is 4.45. The van der Waals surface area contributed by atoms with Crippen LogP contribution in [-0.4, -0.2) is 6.29 Å². The fraction of sp³-hybridized carbons (Fsp3) is 0.0714. The van der Waals surface area contributed by atoms with Crippen LogP contribution in [0.3, 0.4) is 0 Å². The number of benzene rings is 2. The van der Waals surface area contributed by atoms with Crippen molar-refractivity contribution in [1.82, 2.24) is 0 Å². The summed E-state index contributed by atoms with van der Waals surface area (Å²) in [4.78, 5) is 10.8. The van der Waals surface area contributed by atoms with E-state index < -0.39 is 11.6 Å². The van der Waals surface area contributed by atoms with Crippen LogP contribution >= 0.6 is 0 Å². The van der Waals surface area contributed by atoms with Gasteiger partial charge in [-0.15, -0.1) is 0 Å². The Labute approximate surface area is 97.7 Å². The quantitative estimate of drug-likeness (QED) is 0.720. The van der Waals surface area contributed by atoms with Gasteiger partial charge in [0, 0.05) is 17.2 Å². The van der Waals surface area contributed by atoms with Gasteiger partial charge in [0.1, 0.15) is 11.6 Å². The molecule has 0 saturated heterocycles. The molecule has 0 spiro atoms. The Morgan fingerprint density at radius 1 is 1.06 bits per heavy atom. The zero-order valence-electron chi connectivity index (χ0n) is 9.21. The Morgan fingerprint density at radius 2 is 1.71 bits per heavy atom. The van der Waals surface area contributed by atoms with Gasteiger partial charge in [-0.05, 0) is 18.6 Å². The van der Waals surface area contributed by atoms with Crippen molar-refractivity contribution in [2.24, 2.45) is 0 Å². The highest BCUT2D eigenvalue weighted by atomic mass is 19.1. The molecule has 0 amide bonds. The van der Waals surface area contributed by atoms with Crippen LogP contribution in [0, 0.1) is 18.6 Å². The van der Waals surface area contributed by atoms with Crippen molar-refractivity contribution in [3.05, 3.63) is 59.2 Å². The second-order valence-corrected chi connectivity index (χ2v) is 3.84. The third-order valence-corrected chi connectivity index (χ3v) is 2.55. The predicted octanol–water partition coefficient (Wildman–Crippen LogP) is 3.75.